The van der Waals surface area contributed by atoms with Crippen LogP contribution in [0.4, 0.5) is 11.5 Å². The predicted octanol–water partition coefficient (Wildman–Crippen LogP) is 3.40. The Hall–Kier alpha value is -4.36. The van der Waals surface area contributed by atoms with Gasteiger partial charge in [-0.3, -0.25) is 9.10 Å². The number of ether oxygens (including phenoxy) is 3. The minimum Gasteiger partial charge on any atom is -0.497 e. The number of carbonyl (C=O) groups excluding carboxylic acids is 1. The fraction of sp³-hybridized carbons (Fsp3) is 0.154. The van der Waals surface area contributed by atoms with Gasteiger partial charge in [-0.15, -0.1) is 0 Å². The van der Waals surface area contributed by atoms with Gasteiger partial charge < -0.3 is 14.2 Å². The second kappa shape index (κ2) is 11.2. The van der Waals surface area contributed by atoms with Crippen LogP contribution in [0.1, 0.15) is 0 Å². The van der Waals surface area contributed by atoms with Gasteiger partial charge in [-0.25, -0.2) is 26.1 Å². The summed E-state index contributed by atoms with van der Waals surface area (Å²) >= 11 is 0. The van der Waals surface area contributed by atoms with Crippen molar-refractivity contribution in [1.29, 1.82) is 0 Å². The number of aromatic nitrogens is 1. The maximum Gasteiger partial charge on any atom is 0.294 e. The maximum absolute atomic E-state index is 13.6. The zero-order chi connectivity index (χ0) is 28.2. The molecular weight excluding hydrogens is 546 g/mol. The minimum atomic E-state index is -4.24. The molecule has 1 aromatic heterocycles. The Kier molecular flexibility index (Phi) is 7.93. The monoisotopic (exact) mass is 571 g/mol. The van der Waals surface area contributed by atoms with Crippen molar-refractivity contribution < 1.29 is 35.8 Å². The second-order valence-electron chi connectivity index (χ2n) is 8.08. The third-order valence-electron chi connectivity index (χ3n) is 5.95. The predicted molar refractivity (Wildman–Crippen MR) is 145 cm³/mol. The lowest BCUT2D eigenvalue weighted by Crippen LogP contribution is -2.34. The molecule has 0 fully saturated rings. The number of hydrogen-bond donors (Lipinski definition) is 0. The van der Waals surface area contributed by atoms with Gasteiger partial charge in [0, 0.05) is 17.8 Å². The lowest BCUT2D eigenvalue weighted by molar-refractivity contribution is -0.128. The summed E-state index contributed by atoms with van der Waals surface area (Å²) in [7, 11) is -3.99. The molecule has 0 unspecified atom stereocenters. The number of nitrogens with zero attached hydrogens (tertiary/aromatic N) is 3. The van der Waals surface area contributed by atoms with Crippen molar-refractivity contribution in [1.82, 2.24) is 4.98 Å². The van der Waals surface area contributed by atoms with E-state index in [1.165, 1.54) is 76.0 Å². The third kappa shape index (κ3) is 5.31. The zero-order valence-electron chi connectivity index (χ0n) is 21.2. The second-order valence-corrected chi connectivity index (χ2v) is 11.9. The highest BCUT2D eigenvalue weighted by Crippen LogP contribution is 2.36. The molecule has 204 valence electrons. The number of carbonyl (C=O) groups is 1. The van der Waals surface area contributed by atoms with Crippen molar-refractivity contribution in [3.63, 3.8) is 0 Å². The van der Waals surface area contributed by atoms with E-state index >= 15 is 0 Å². The molecule has 0 saturated carbocycles. The van der Waals surface area contributed by atoms with E-state index < -0.39 is 26.8 Å². The van der Waals surface area contributed by atoms with Crippen molar-refractivity contribution >= 4 is 48.8 Å². The number of rotatable bonds is 11. The van der Waals surface area contributed by atoms with Crippen LogP contribution in [0, 0.1) is 0 Å². The highest BCUT2D eigenvalue weighted by Gasteiger charge is 2.30. The largest absolute Gasteiger partial charge is 0.497 e. The smallest absolute Gasteiger partial charge is 0.294 e. The minimum absolute atomic E-state index is 0.0175. The first-order valence-electron chi connectivity index (χ1n) is 11.4. The first-order valence-corrected chi connectivity index (χ1v) is 14.3. The van der Waals surface area contributed by atoms with Gasteiger partial charge in [0.15, 0.2) is 6.73 Å². The summed E-state index contributed by atoms with van der Waals surface area (Å²) in [6, 6.07) is 18.2. The molecule has 0 spiro atoms. The van der Waals surface area contributed by atoms with E-state index in [1.54, 1.807) is 24.3 Å². The van der Waals surface area contributed by atoms with Crippen LogP contribution in [0.3, 0.4) is 0 Å². The molecule has 0 N–H and O–H groups in total. The summed E-state index contributed by atoms with van der Waals surface area (Å²) in [5, 5.41) is 0.724. The van der Waals surface area contributed by atoms with Crippen LogP contribution in [0.25, 0.3) is 10.8 Å². The van der Waals surface area contributed by atoms with Crippen LogP contribution in [-0.4, -0.2) is 56.3 Å². The molecular formula is C26H25N3O8S2. The molecule has 0 saturated heterocycles. The summed E-state index contributed by atoms with van der Waals surface area (Å²) < 4.78 is 71.1. The van der Waals surface area contributed by atoms with Crippen molar-refractivity contribution in [3.05, 3.63) is 79.0 Å². The van der Waals surface area contributed by atoms with Crippen LogP contribution < -0.4 is 18.1 Å². The molecule has 1 heterocycles. The summed E-state index contributed by atoms with van der Waals surface area (Å²) in [5.74, 6) is 1.03. The molecule has 13 heteroatoms. The Morgan fingerprint density at radius 2 is 1.28 bits per heavy atom. The fourth-order valence-corrected chi connectivity index (χ4v) is 6.38. The number of fused-ring (bicyclic) bond motifs is 1. The first-order chi connectivity index (χ1) is 18.6. The standard InChI is InChI=1S/C26H25N3O8S2/c1-28(38(31,32)21-12-8-19(35-2)9-13-21)26-24-7-5-4-6-23(24)25(16-27-26)29(17-37-18-30)39(33,34)22-14-10-20(36-3)11-15-22/h4-16,18H,17H2,1-3H3. The van der Waals surface area contributed by atoms with Crippen molar-refractivity contribution in [2.24, 2.45) is 0 Å². The zero-order valence-corrected chi connectivity index (χ0v) is 22.8. The number of anilines is 2. The normalized spacial score (nSPS) is 11.6. The number of benzene rings is 3. The topological polar surface area (TPSA) is 132 Å². The summed E-state index contributed by atoms with van der Waals surface area (Å²) in [4.78, 5) is 15.3. The molecule has 0 amide bonds. The van der Waals surface area contributed by atoms with Crippen molar-refractivity contribution in [3.8, 4) is 11.5 Å². The van der Waals surface area contributed by atoms with Crippen molar-refractivity contribution in [2.45, 2.75) is 9.79 Å². The molecule has 3 aromatic carbocycles. The molecule has 4 rings (SSSR count). The molecule has 0 atom stereocenters. The summed E-state index contributed by atoms with van der Waals surface area (Å²) in [6.07, 6.45) is 1.23. The SMILES string of the molecule is COc1ccc(S(=O)(=O)N(C)c2ncc(N(COC=O)S(=O)(=O)c3ccc(OC)cc3)c3ccccc23)cc1. The van der Waals surface area contributed by atoms with Crippen LogP contribution >= 0.6 is 0 Å². The number of sulfonamides is 2. The lowest BCUT2D eigenvalue weighted by Gasteiger charge is -2.26. The van der Waals surface area contributed by atoms with Gasteiger partial charge in [0.2, 0.25) is 0 Å². The van der Waals surface area contributed by atoms with Gasteiger partial charge in [-0.2, -0.15) is 0 Å². The average molecular weight is 572 g/mol. The first kappa shape index (κ1) is 27.7. The summed E-state index contributed by atoms with van der Waals surface area (Å²) in [5.41, 5.74) is 0.0854. The Morgan fingerprint density at radius 1 is 0.769 bits per heavy atom. The van der Waals surface area contributed by atoms with E-state index in [4.69, 9.17) is 14.2 Å². The van der Waals surface area contributed by atoms with Crippen LogP contribution in [0.2, 0.25) is 0 Å². The van der Waals surface area contributed by atoms with E-state index in [2.05, 4.69) is 4.98 Å². The van der Waals surface area contributed by atoms with E-state index in [9.17, 15) is 21.6 Å². The molecule has 0 aliphatic rings. The highest BCUT2D eigenvalue weighted by atomic mass is 32.2. The van der Waals surface area contributed by atoms with E-state index in [1.807, 2.05) is 0 Å². The molecule has 39 heavy (non-hydrogen) atoms. The van der Waals surface area contributed by atoms with Gasteiger partial charge in [-0.1, -0.05) is 24.3 Å². The Morgan fingerprint density at radius 3 is 1.79 bits per heavy atom. The third-order valence-corrected chi connectivity index (χ3v) is 9.46. The number of methoxy groups -OCH3 is 2. The summed E-state index contributed by atoms with van der Waals surface area (Å²) in [6.45, 7) is -0.501. The van der Waals surface area contributed by atoms with Gasteiger partial charge in [0.05, 0.1) is 35.9 Å². The molecule has 0 aliphatic carbocycles. The Bertz CT molecular complexity index is 1690. The molecule has 4 aromatic rings. The lowest BCUT2D eigenvalue weighted by atomic mass is 10.1. The van der Waals surface area contributed by atoms with Gasteiger partial charge in [0.25, 0.3) is 26.5 Å². The van der Waals surface area contributed by atoms with Gasteiger partial charge in [-0.05, 0) is 48.5 Å². The van der Waals surface area contributed by atoms with E-state index in [-0.39, 0.29) is 27.8 Å². The fourth-order valence-electron chi connectivity index (χ4n) is 3.87. The van der Waals surface area contributed by atoms with Crippen molar-refractivity contribution in [2.75, 3.05) is 36.6 Å². The maximum atomic E-state index is 13.6. The van der Waals surface area contributed by atoms with Crippen LogP contribution in [0.15, 0.2) is 88.8 Å². The molecule has 0 radical (unpaired) electrons. The Labute approximate surface area is 226 Å². The average Bonchev–Trinajstić information content (AvgIpc) is 2.96. The highest BCUT2D eigenvalue weighted by molar-refractivity contribution is 7.93. The van der Waals surface area contributed by atoms with Crippen LogP contribution in [0.5, 0.6) is 11.5 Å². The quantitative estimate of drug-likeness (QED) is 0.196. The molecule has 0 bridgehead atoms. The van der Waals surface area contributed by atoms with Gasteiger partial charge in [0.1, 0.15) is 17.3 Å². The van der Waals surface area contributed by atoms with Gasteiger partial charge >= 0.3 is 0 Å². The Balaban J connectivity index is 1.84. The van der Waals surface area contributed by atoms with E-state index in [0.717, 1.165) is 8.61 Å². The number of hydrogen-bond acceptors (Lipinski definition) is 9. The van der Waals surface area contributed by atoms with E-state index in [0.29, 0.717) is 22.3 Å². The number of pyridine rings is 1. The molecule has 11 nitrogen and oxygen atoms in total. The van der Waals surface area contributed by atoms with Crippen LogP contribution in [-0.2, 0) is 29.6 Å². The molecule has 0 aliphatic heterocycles.